The summed E-state index contributed by atoms with van der Waals surface area (Å²) in [6.45, 7) is 10.2. The number of nitrogen functional groups attached to an aromatic ring is 1. The van der Waals surface area contributed by atoms with Gasteiger partial charge in [-0.1, -0.05) is 13.8 Å². The van der Waals surface area contributed by atoms with Gasteiger partial charge in [0, 0.05) is 12.0 Å². The molecule has 0 aliphatic heterocycles. The molecule has 0 aliphatic carbocycles. The smallest absolute Gasteiger partial charge is 0.153 e. The van der Waals surface area contributed by atoms with Crippen molar-refractivity contribution >= 4 is 11.5 Å². The minimum Gasteiger partial charge on any atom is -0.394 e. The minimum absolute atomic E-state index is 0.317. The van der Waals surface area contributed by atoms with Gasteiger partial charge in [0.2, 0.25) is 0 Å². The second-order valence-electron chi connectivity index (χ2n) is 4.38. The van der Waals surface area contributed by atoms with Gasteiger partial charge in [0.05, 0.1) is 11.4 Å². The molecule has 0 atom stereocenters. The van der Waals surface area contributed by atoms with E-state index < -0.39 is 0 Å². The molecular formula is C11H20N4. The van der Waals surface area contributed by atoms with E-state index in [9.17, 15) is 0 Å². The molecule has 1 aromatic rings. The zero-order valence-corrected chi connectivity index (χ0v) is 10.1. The molecule has 1 rings (SSSR count). The van der Waals surface area contributed by atoms with Gasteiger partial charge in [-0.15, -0.1) is 0 Å². The predicted molar refractivity (Wildman–Crippen MR) is 64.0 cm³/mol. The van der Waals surface area contributed by atoms with Crippen molar-refractivity contribution in [2.75, 3.05) is 11.1 Å². The van der Waals surface area contributed by atoms with Crippen LogP contribution in [0.25, 0.3) is 0 Å². The van der Waals surface area contributed by atoms with E-state index in [4.69, 9.17) is 5.73 Å². The highest BCUT2D eigenvalue weighted by atomic mass is 15.1. The number of rotatable bonds is 3. The van der Waals surface area contributed by atoms with Crippen LogP contribution in [0.15, 0.2) is 0 Å². The lowest BCUT2D eigenvalue weighted by molar-refractivity contribution is 0.763. The number of aryl methyl sites for hydroxylation is 1. The lowest BCUT2D eigenvalue weighted by atomic mass is 10.2. The molecule has 0 aromatic carbocycles. The summed E-state index contributed by atoms with van der Waals surface area (Å²) in [4.78, 5) is 8.79. The first kappa shape index (κ1) is 11.8. The van der Waals surface area contributed by atoms with Crippen LogP contribution < -0.4 is 11.1 Å². The van der Waals surface area contributed by atoms with Crippen LogP contribution in [0.4, 0.5) is 11.5 Å². The fourth-order valence-corrected chi connectivity index (χ4v) is 1.24. The van der Waals surface area contributed by atoms with Crippen molar-refractivity contribution < 1.29 is 0 Å². The Hall–Kier alpha value is -1.32. The van der Waals surface area contributed by atoms with Crippen molar-refractivity contribution in [2.24, 2.45) is 0 Å². The Balaban J connectivity index is 3.13. The molecule has 3 N–H and O–H groups in total. The van der Waals surface area contributed by atoms with Gasteiger partial charge in [0.25, 0.3) is 0 Å². The van der Waals surface area contributed by atoms with Gasteiger partial charge in [0.15, 0.2) is 5.82 Å². The van der Waals surface area contributed by atoms with Crippen LogP contribution in [0.2, 0.25) is 0 Å². The zero-order valence-electron chi connectivity index (χ0n) is 10.1. The third kappa shape index (κ3) is 2.81. The van der Waals surface area contributed by atoms with E-state index in [2.05, 4.69) is 43.0 Å². The molecule has 4 nitrogen and oxygen atoms in total. The Kier molecular flexibility index (Phi) is 3.50. The first-order valence-electron chi connectivity index (χ1n) is 5.32. The van der Waals surface area contributed by atoms with Crippen molar-refractivity contribution in [1.82, 2.24) is 9.97 Å². The largest absolute Gasteiger partial charge is 0.394 e. The Morgan fingerprint density at radius 2 is 1.73 bits per heavy atom. The van der Waals surface area contributed by atoms with Gasteiger partial charge in [0.1, 0.15) is 5.82 Å². The molecule has 1 aromatic heterocycles. The molecule has 15 heavy (non-hydrogen) atoms. The molecule has 1 heterocycles. The number of hydrogen-bond acceptors (Lipinski definition) is 4. The first-order chi connectivity index (χ1) is 6.91. The fourth-order valence-electron chi connectivity index (χ4n) is 1.24. The second-order valence-corrected chi connectivity index (χ2v) is 4.38. The van der Waals surface area contributed by atoms with Crippen LogP contribution in [0.3, 0.4) is 0 Å². The van der Waals surface area contributed by atoms with Crippen LogP contribution >= 0.6 is 0 Å². The Bertz CT molecular complexity index is 345. The van der Waals surface area contributed by atoms with E-state index in [1.165, 1.54) is 0 Å². The standard InChI is InChI=1S/C11H20N4/c1-6(2)10-14-8(5)9(12)11(15-10)13-7(3)4/h6-7H,12H2,1-5H3,(H,13,14,15). The molecule has 0 bridgehead atoms. The molecule has 0 aliphatic rings. The number of hydrogen-bond donors (Lipinski definition) is 2. The number of nitrogens with one attached hydrogen (secondary N) is 1. The maximum Gasteiger partial charge on any atom is 0.153 e. The summed E-state index contributed by atoms with van der Waals surface area (Å²) >= 11 is 0. The van der Waals surface area contributed by atoms with Crippen LogP contribution in [0.5, 0.6) is 0 Å². The third-order valence-electron chi connectivity index (χ3n) is 2.10. The number of nitrogens with zero attached hydrogens (tertiary/aromatic N) is 2. The predicted octanol–water partition coefficient (Wildman–Crippen LogP) is 2.31. The molecule has 0 saturated heterocycles. The van der Waals surface area contributed by atoms with Crippen LogP contribution in [-0.4, -0.2) is 16.0 Å². The van der Waals surface area contributed by atoms with Gasteiger partial charge in [-0.05, 0) is 20.8 Å². The molecule has 0 amide bonds. The minimum atomic E-state index is 0.317. The van der Waals surface area contributed by atoms with Gasteiger partial charge in [-0.25, -0.2) is 9.97 Å². The Morgan fingerprint density at radius 1 is 1.13 bits per heavy atom. The Labute approximate surface area is 91.3 Å². The van der Waals surface area contributed by atoms with E-state index in [-0.39, 0.29) is 0 Å². The lowest BCUT2D eigenvalue weighted by Gasteiger charge is -2.15. The number of aromatic nitrogens is 2. The molecule has 0 fully saturated rings. The second kappa shape index (κ2) is 4.47. The summed E-state index contributed by atoms with van der Waals surface area (Å²) in [7, 11) is 0. The molecule has 0 saturated carbocycles. The highest BCUT2D eigenvalue weighted by molar-refractivity contribution is 5.63. The van der Waals surface area contributed by atoms with Gasteiger partial charge < -0.3 is 11.1 Å². The van der Waals surface area contributed by atoms with E-state index in [1.807, 2.05) is 6.92 Å². The van der Waals surface area contributed by atoms with E-state index >= 15 is 0 Å². The first-order valence-corrected chi connectivity index (χ1v) is 5.32. The average Bonchev–Trinajstić information content (AvgIpc) is 2.11. The van der Waals surface area contributed by atoms with Crippen molar-refractivity contribution in [3.63, 3.8) is 0 Å². The quantitative estimate of drug-likeness (QED) is 0.800. The molecular weight excluding hydrogens is 188 g/mol. The van der Waals surface area contributed by atoms with Crippen molar-refractivity contribution in [2.45, 2.75) is 46.6 Å². The Morgan fingerprint density at radius 3 is 2.20 bits per heavy atom. The topological polar surface area (TPSA) is 63.8 Å². The van der Waals surface area contributed by atoms with Gasteiger partial charge in [-0.3, -0.25) is 0 Å². The van der Waals surface area contributed by atoms with Crippen LogP contribution in [-0.2, 0) is 0 Å². The highest BCUT2D eigenvalue weighted by Crippen LogP contribution is 2.22. The van der Waals surface area contributed by atoms with Crippen molar-refractivity contribution in [1.29, 1.82) is 0 Å². The number of nitrogens with two attached hydrogens (primary N) is 1. The monoisotopic (exact) mass is 208 g/mol. The van der Waals surface area contributed by atoms with Crippen molar-refractivity contribution in [3.8, 4) is 0 Å². The highest BCUT2D eigenvalue weighted by Gasteiger charge is 2.11. The molecule has 0 spiro atoms. The van der Waals surface area contributed by atoms with E-state index in [0.717, 1.165) is 17.3 Å². The summed E-state index contributed by atoms with van der Waals surface area (Å²) in [6.07, 6.45) is 0. The number of anilines is 2. The lowest BCUT2D eigenvalue weighted by Crippen LogP contribution is -2.15. The SMILES string of the molecule is Cc1nc(C(C)C)nc(NC(C)C)c1N. The maximum absolute atomic E-state index is 5.91. The zero-order chi connectivity index (χ0) is 11.6. The normalized spacial score (nSPS) is 11.1. The molecule has 0 radical (unpaired) electrons. The van der Waals surface area contributed by atoms with E-state index in [1.54, 1.807) is 0 Å². The van der Waals surface area contributed by atoms with Crippen LogP contribution in [0, 0.1) is 6.92 Å². The fraction of sp³-hybridized carbons (Fsp3) is 0.636. The molecule has 84 valence electrons. The molecule has 0 unspecified atom stereocenters. The average molecular weight is 208 g/mol. The van der Waals surface area contributed by atoms with Crippen molar-refractivity contribution in [3.05, 3.63) is 11.5 Å². The van der Waals surface area contributed by atoms with Gasteiger partial charge >= 0.3 is 0 Å². The van der Waals surface area contributed by atoms with Gasteiger partial charge in [-0.2, -0.15) is 0 Å². The molecule has 4 heteroatoms. The van der Waals surface area contributed by atoms with E-state index in [0.29, 0.717) is 17.6 Å². The summed E-state index contributed by atoms with van der Waals surface area (Å²) in [5.74, 6) is 1.91. The summed E-state index contributed by atoms with van der Waals surface area (Å²) < 4.78 is 0. The van der Waals surface area contributed by atoms with Crippen LogP contribution in [0.1, 0.15) is 45.1 Å². The summed E-state index contributed by atoms with van der Waals surface area (Å²) in [5, 5.41) is 3.23. The maximum atomic E-state index is 5.91. The summed E-state index contributed by atoms with van der Waals surface area (Å²) in [5.41, 5.74) is 7.40. The summed E-state index contributed by atoms with van der Waals surface area (Å²) in [6, 6.07) is 0.321. The third-order valence-corrected chi connectivity index (χ3v) is 2.10.